The largest absolute Gasteiger partial charge is 0.482 e. The van der Waals surface area contributed by atoms with Gasteiger partial charge in [-0.25, -0.2) is 8.42 Å². The second-order valence-electron chi connectivity index (χ2n) is 8.98. The molecule has 0 aromatic heterocycles. The number of benzene rings is 1. The van der Waals surface area contributed by atoms with Crippen LogP contribution in [0.15, 0.2) is 23.1 Å². The molecule has 10 heteroatoms. The lowest BCUT2D eigenvalue weighted by Crippen LogP contribution is -2.45. The van der Waals surface area contributed by atoms with Gasteiger partial charge in [0.2, 0.25) is 15.9 Å². The van der Waals surface area contributed by atoms with Gasteiger partial charge in [-0.1, -0.05) is 20.8 Å². The molecule has 184 valence electrons. The Kier molecular flexibility index (Phi) is 9.06. The van der Waals surface area contributed by atoms with Crippen molar-refractivity contribution in [3.63, 3.8) is 0 Å². The summed E-state index contributed by atoms with van der Waals surface area (Å²) < 4.78 is 33.7. The van der Waals surface area contributed by atoms with E-state index in [-0.39, 0.29) is 41.7 Å². The maximum Gasteiger partial charge on any atom is 0.265 e. The predicted octanol–water partition coefficient (Wildman–Crippen LogP) is 2.73. The van der Waals surface area contributed by atoms with E-state index in [0.29, 0.717) is 31.1 Å². The Bertz CT molecular complexity index is 943. The number of piperidine rings is 1. The standard InChI is InChI=1S/C23H35N3O5S2/c1-4-9-32-10-5-8-24-22(27)15-26-20-12-19(6-7-21(20)31-16-23(26)28)33(29,30)25-13-17(2)11-18(3)14-25/h6-7,12,17-18H,4-5,8-11,13-16H2,1-3H3,(H,24,27). The zero-order valence-electron chi connectivity index (χ0n) is 19.7. The molecule has 8 nitrogen and oxygen atoms in total. The van der Waals surface area contributed by atoms with Gasteiger partial charge in [0.05, 0.1) is 10.6 Å². The summed E-state index contributed by atoms with van der Waals surface area (Å²) in [4.78, 5) is 26.5. The Morgan fingerprint density at radius 1 is 1.21 bits per heavy atom. The number of hydrogen-bond donors (Lipinski definition) is 1. The van der Waals surface area contributed by atoms with Gasteiger partial charge in [0, 0.05) is 19.6 Å². The molecule has 33 heavy (non-hydrogen) atoms. The number of carbonyl (C=O) groups excluding carboxylic acids is 2. The van der Waals surface area contributed by atoms with Crippen molar-refractivity contribution in [1.29, 1.82) is 0 Å². The Labute approximate surface area is 201 Å². The molecule has 0 bridgehead atoms. The number of thioether (sulfide) groups is 1. The fourth-order valence-corrected chi connectivity index (χ4v) is 6.86. The highest BCUT2D eigenvalue weighted by molar-refractivity contribution is 7.99. The molecule has 2 aliphatic rings. The highest BCUT2D eigenvalue weighted by Crippen LogP contribution is 2.36. The lowest BCUT2D eigenvalue weighted by atomic mass is 9.94. The summed E-state index contributed by atoms with van der Waals surface area (Å²) in [6, 6.07) is 4.54. The normalized spacial score (nSPS) is 21.4. The number of carbonyl (C=O) groups is 2. The number of sulfonamides is 1. The van der Waals surface area contributed by atoms with Crippen molar-refractivity contribution in [2.45, 2.75) is 44.9 Å². The van der Waals surface area contributed by atoms with Crippen LogP contribution in [0.5, 0.6) is 5.75 Å². The zero-order chi connectivity index (χ0) is 24.0. The summed E-state index contributed by atoms with van der Waals surface area (Å²) in [6.45, 7) is 7.39. The van der Waals surface area contributed by atoms with E-state index >= 15 is 0 Å². The first kappa shape index (κ1) is 25.8. The van der Waals surface area contributed by atoms with Gasteiger partial charge in [0.15, 0.2) is 6.61 Å². The van der Waals surface area contributed by atoms with Crippen LogP contribution in [0.1, 0.15) is 40.0 Å². The quantitative estimate of drug-likeness (QED) is 0.500. The summed E-state index contributed by atoms with van der Waals surface area (Å²) in [5.41, 5.74) is 0.319. The number of fused-ring (bicyclic) bond motifs is 1. The molecule has 1 saturated heterocycles. The van der Waals surface area contributed by atoms with E-state index in [4.69, 9.17) is 4.74 Å². The molecule has 0 radical (unpaired) electrons. The van der Waals surface area contributed by atoms with Gasteiger partial charge in [-0.15, -0.1) is 0 Å². The van der Waals surface area contributed by atoms with Gasteiger partial charge in [-0.2, -0.15) is 16.1 Å². The maximum absolute atomic E-state index is 13.3. The predicted molar refractivity (Wildman–Crippen MR) is 131 cm³/mol. The number of anilines is 1. The Morgan fingerprint density at radius 2 is 1.94 bits per heavy atom. The molecule has 0 saturated carbocycles. The van der Waals surface area contributed by atoms with Crippen molar-refractivity contribution in [1.82, 2.24) is 9.62 Å². The molecule has 1 aromatic carbocycles. The third-order valence-electron chi connectivity index (χ3n) is 5.78. The molecular weight excluding hydrogens is 462 g/mol. The molecule has 1 N–H and O–H groups in total. The zero-order valence-corrected chi connectivity index (χ0v) is 21.3. The van der Waals surface area contributed by atoms with Crippen LogP contribution in [0, 0.1) is 11.8 Å². The van der Waals surface area contributed by atoms with Gasteiger partial charge in [0.25, 0.3) is 5.91 Å². The first-order valence-corrected chi connectivity index (χ1v) is 14.2. The molecule has 2 heterocycles. The fraction of sp³-hybridized carbons (Fsp3) is 0.652. The smallest absolute Gasteiger partial charge is 0.265 e. The van der Waals surface area contributed by atoms with E-state index < -0.39 is 10.0 Å². The van der Waals surface area contributed by atoms with Crippen LogP contribution in [0.2, 0.25) is 0 Å². The van der Waals surface area contributed by atoms with Crippen molar-refractivity contribution in [3.8, 4) is 5.75 Å². The molecule has 2 aliphatic heterocycles. The third-order valence-corrected chi connectivity index (χ3v) is 8.89. The fourth-order valence-electron chi connectivity index (χ4n) is 4.31. The molecule has 0 spiro atoms. The van der Waals surface area contributed by atoms with Gasteiger partial charge >= 0.3 is 0 Å². The Morgan fingerprint density at radius 3 is 2.64 bits per heavy atom. The summed E-state index contributed by atoms with van der Waals surface area (Å²) >= 11 is 1.85. The van der Waals surface area contributed by atoms with E-state index in [2.05, 4.69) is 26.1 Å². The van der Waals surface area contributed by atoms with Crippen molar-refractivity contribution in [2.24, 2.45) is 11.8 Å². The van der Waals surface area contributed by atoms with Gasteiger partial charge in [-0.05, 0) is 60.8 Å². The number of nitrogens with one attached hydrogen (secondary N) is 1. The Balaban J connectivity index is 1.72. The van der Waals surface area contributed by atoms with Crippen LogP contribution < -0.4 is 15.0 Å². The summed E-state index contributed by atoms with van der Waals surface area (Å²) in [7, 11) is -3.72. The number of hydrogen-bond acceptors (Lipinski definition) is 6. The number of rotatable bonds is 10. The minimum atomic E-state index is -3.72. The second-order valence-corrected chi connectivity index (χ2v) is 12.1. The van der Waals surface area contributed by atoms with Crippen LogP contribution in [0.3, 0.4) is 0 Å². The molecule has 2 amide bonds. The highest BCUT2D eigenvalue weighted by Gasteiger charge is 2.34. The van der Waals surface area contributed by atoms with Gasteiger partial charge < -0.3 is 10.1 Å². The first-order valence-electron chi connectivity index (χ1n) is 11.6. The van der Waals surface area contributed by atoms with Crippen molar-refractivity contribution in [2.75, 3.05) is 49.2 Å². The highest BCUT2D eigenvalue weighted by atomic mass is 32.2. The Hall–Kier alpha value is -1.78. The third kappa shape index (κ3) is 6.64. The summed E-state index contributed by atoms with van der Waals surface area (Å²) in [5, 5.41) is 2.85. The molecule has 2 atom stereocenters. The number of ether oxygens (including phenoxy) is 1. The van der Waals surface area contributed by atoms with Crippen LogP contribution in [0.25, 0.3) is 0 Å². The minimum absolute atomic E-state index is 0.110. The van der Waals surface area contributed by atoms with Crippen molar-refractivity contribution < 1.29 is 22.7 Å². The van der Waals surface area contributed by atoms with E-state index in [1.54, 1.807) is 6.07 Å². The monoisotopic (exact) mass is 497 g/mol. The number of nitrogens with zero attached hydrogens (tertiary/aromatic N) is 2. The average Bonchev–Trinajstić information content (AvgIpc) is 2.77. The lowest BCUT2D eigenvalue weighted by Gasteiger charge is -2.34. The second kappa shape index (κ2) is 11.6. The van der Waals surface area contributed by atoms with E-state index in [1.807, 2.05) is 11.8 Å². The molecule has 1 aromatic rings. The van der Waals surface area contributed by atoms with E-state index in [9.17, 15) is 18.0 Å². The minimum Gasteiger partial charge on any atom is -0.482 e. The summed E-state index contributed by atoms with van der Waals surface area (Å²) in [6.07, 6.45) is 2.99. The molecule has 2 unspecified atom stereocenters. The van der Waals surface area contributed by atoms with E-state index in [1.165, 1.54) is 21.3 Å². The molecule has 0 aliphatic carbocycles. The molecule has 1 fully saturated rings. The topological polar surface area (TPSA) is 96.0 Å². The average molecular weight is 498 g/mol. The van der Waals surface area contributed by atoms with Crippen molar-refractivity contribution >= 4 is 39.3 Å². The van der Waals surface area contributed by atoms with Gasteiger partial charge in [0.1, 0.15) is 12.3 Å². The maximum atomic E-state index is 13.3. The SMILES string of the molecule is CCCSCCCNC(=O)CN1C(=O)COc2ccc(S(=O)(=O)N3CC(C)CC(C)C3)cc21. The van der Waals surface area contributed by atoms with E-state index in [0.717, 1.165) is 30.8 Å². The number of amides is 2. The molecular formula is C23H35N3O5S2. The first-order chi connectivity index (χ1) is 15.7. The van der Waals surface area contributed by atoms with Crippen LogP contribution >= 0.6 is 11.8 Å². The summed E-state index contributed by atoms with van der Waals surface area (Å²) in [5.74, 6) is 2.40. The lowest BCUT2D eigenvalue weighted by molar-refractivity contribution is -0.125. The van der Waals surface area contributed by atoms with Crippen LogP contribution in [-0.2, 0) is 19.6 Å². The van der Waals surface area contributed by atoms with Gasteiger partial charge in [-0.3, -0.25) is 14.5 Å². The van der Waals surface area contributed by atoms with Crippen molar-refractivity contribution in [3.05, 3.63) is 18.2 Å². The van der Waals surface area contributed by atoms with Crippen LogP contribution in [-0.4, -0.2) is 68.8 Å². The molecule has 3 rings (SSSR count). The van der Waals surface area contributed by atoms with Crippen LogP contribution in [0.4, 0.5) is 5.69 Å².